The summed E-state index contributed by atoms with van der Waals surface area (Å²) >= 11 is 11.5. The van der Waals surface area contributed by atoms with Crippen LogP contribution in [0.4, 0.5) is 4.39 Å². The van der Waals surface area contributed by atoms with Gasteiger partial charge in [-0.2, -0.15) is 0 Å². The summed E-state index contributed by atoms with van der Waals surface area (Å²) in [6.45, 7) is 6.00. The zero-order chi connectivity index (χ0) is 14.6. The molecule has 0 aliphatic rings. The lowest BCUT2D eigenvalue weighted by Crippen LogP contribution is -2.44. The van der Waals surface area contributed by atoms with E-state index in [1.807, 2.05) is 20.8 Å². The van der Waals surface area contributed by atoms with Crippen LogP contribution in [0.15, 0.2) is 18.2 Å². The molecule has 1 amide bonds. The van der Waals surface area contributed by atoms with Crippen molar-refractivity contribution >= 4 is 29.1 Å². The SMILES string of the molecule is CC(C)(C)C(CCCl)NC(=O)c1cc(Cl)ccc1F. The Morgan fingerprint density at radius 2 is 2.05 bits per heavy atom. The topological polar surface area (TPSA) is 29.1 Å². The third kappa shape index (κ3) is 4.66. The van der Waals surface area contributed by atoms with Crippen LogP contribution in [-0.4, -0.2) is 17.8 Å². The number of alkyl halides is 1. The molecule has 0 heterocycles. The van der Waals surface area contributed by atoms with Crippen LogP contribution in [0.3, 0.4) is 0 Å². The fourth-order valence-electron chi connectivity index (χ4n) is 1.74. The lowest BCUT2D eigenvalue weighted by atomic mass is 9.85. The third-order valence-electron chi connectivity index (χ3n) is 2.92. The Kier molecular flexibility index (Phi) is 5.63. The van der Waals surface area contributed by atoms with Crippen LogP contribution in [0.1, 0.15) is 37.6 Å². The summed E-state index contributed by atoms with van der Waals surface area (Å²) in [5.74, 6) is -0.620. The number of carbonyl (C=O) groups is 1. The molecule has 0 radical (unpaired) electrons. The summed E-state index contributed by atoms with van der Waals surface area (Å²) in [4.78, 5) is 12.1. The summed E-state index contributed by atoms with van der Waals surface area (Å²) < 4.78 is 13.6. The first-order valence-electron chi connectivity index (χ1n) is 6.07. The second kappa shape index (κ2) is 6.58. The summed E-state index contributed by atoms with van der Waals surface area (Å²) in [6, 6.07) is 3.79. The van der Waals surface area contributed by atoms with E-state index >= 15 is 0 Å². The number of halogens is 3. The highest BCUT2D eigenvalue weighted by Gasteiger charge is 2.26. The van der Waals surface area contributed by atoms with Crippen molar-refractivity contribution in [1.82, 2.24) is 5.32 Å². The van der Waals surface area contributed by atoms with Crippen molar-refractivity contribution in [3.63, 3.8) is 0 Å². The number of benzene rings is 1. The van der Waals surface area contributed by atoms with Gasteiger partial charge in [0.1, 0.15) is 5.82 Å². The number of hydrogen-bond donors (Lipinski definition) is 1. The molecule has 1 rings (SSSR count). The fourth-order valence-corrected chi connectivity index (χ4v) is 2.13. The smallest absolute Gasteiger partial charge is 0.254 e. The van der Waals surface area contributed by atoms with Crippen LogP contribution in [-0.2, 0) is 0 Å². The van der Waals surface area contributed by atoms with Crippen LogP contribution in [0.2, 0.25) is 5.02 Å². The Bertz CT molecular complexity index is 457. The maximum atomic E-state index is 13.6. The maximum absolute atomic E-state index is 13.6. The van der Waals surface area contributed by atoms with Crippen molar-refractivity contribution in [2.75, 3.05) is 5.88 Å². The maximum Gasteiger partial charge on any atom is 0.254 e. The molecule has 1 unspecified atom stereocenters. The monoisotopic (exact) mass is 305 g/mol. The molecule has 2 nitrogen and oxygen atoms in total. The molecular formula is C14H18Cl2FNO. The molecule has 106 valence electrons. The van der Waals surface area contributed by atoms with E-state index in [1.54, 1.807) is 0 Å². The van der Waals surface area contributed by atoms with Gasteiger partial charge < -0.3 is 5.32 Å². The second-order valence-corrected chi connectivity index (χ2v) is 6.31. The third-order valence-corrected chi connectivity index (χ3v) is 3.37. The van der Waals surface area contributed by atoms with Gasteiger partial charge in [-0.15, -0.1) is 11.6 Å². The second-order valence-electron chi connectivity index (χ2n) is 5.49. The zero-order valence-electron chi connectivity index (χ0n) is 11.3. The highest BCUT2D eigenvalue weighted by molar-refractivity contribution is 6.31. The summed E-state index contributed by atoms with van der Waals surface area (Å²) in [7, 11) is 0. The highest BCUT2D eigenvalue weighted by Crippen LogP contribution is 2.23. The van der Waals surface area contributed by atoms with E-state index in [0.717, 1.165) is 0 Å². The molecule has 1 N–H and O–H groups in total. The minimum Gasteiger partial charge on any atom is -0.349 e. The van der Waals surface area contributed by atoms with Gasteiger partial charge in [0.15, 0.2) is 0 Å². The van der Waals surface area contributed by atoms with Gasteiger partial charge in [0, 0.05) is 16.9 Å². The van der Waals surface area contributed by atoms with Gasteiger partial charge in [-0.1, -0.05) is 32.4 Å². The van der Waals surface area contributed by atoms with Gasteiger partial charge in [-0.3, -0.25) is 4.79 Å². The van der Waals surface area contributed by atoms with Crippen LogP contribution < -0.4 is 5.32 Å². The van der Waals surface area contributed by atoms with E-state index < -0.39 is 11.7 Å². The summed E-state index contributed by atoms with van der Waals surface area (Å²) in [6.07, 6.45) is 0.624. The number of rotatable bonds is 4. The number of hydrogen-bond acceptors (Lipinski definition) is 1. The minimum absolute atomic E-state index is 0.0451. The molecule has 0 fully saturated rings. The van der Waals surface area contributed by atoms with E-state index in [2.05, 4.69) is 5.32 Å². The van der Waals surface area contributed by atoms with Crippen LogP contribution in [0.25, 0.3) is 0 Å². The Morgan fingerprint density at radius 3 is 2.58 bits per heavy atom. The normalized spacial score (nSPS) is 13.2. The first-order chi connectivity index (χ1) is 8.75. The van der Waals surface area contributed by atoms with Gasteiger partial charge in [0.05, 0.1) is 5.56 Å². The molecule has 1 atom stereocenters. The first-order valence-corrected chi connectivity index (χ1v) is 6.99. The standard InChI is InChI=1S/C14H18Cl2FNO/c1-14(2,3)12(6-7-15)18-13(19)10-8-9(16)4-5-11(10)17/h4-5,8,12H,6-7H2,1-3H3,(H,18,19). The van der Waals surface area contributed by atoms with Crippen LogP contribution >= 0.6 is 23.2 Å². The number of nitrogens with one attached hydrogen (secondary N) is 1. The molecule has 1 aromatic rings. The largest absolute Gasteiger partial charge is 0.349 e. The fraction of sp³-hybridized carbons (Fsp3) is 0.500. The molecule has 1 aromatic carbocycles. The van der Waals surface area contributed by atoms with Crippen molar-refractivity contribution in [3.05, 3.63) is 34.6 Å². The van der Waals surface area contributed by atoms with Gasteiger partial charge in [-0.05, 0) is 30.0 Å². The van der Waals surface area contributed by atoms with Gasteiger partial charge in [0.25, 0.3) is 5.91 Å². The van der Waals surface area contributed by atoms with Gasteiger partial charge >= 0.3 is 0 Å². The lowest BCUT2D eigenvalue weighted by molar-refractivity contribution is 0.0896. The van der Waals surface area contributed by atoms with Crippen LogP contribution in [0, 0.1) is 11.2 Å². The highest BCUT2D eigenvalue weighted by atomic mass is 35.5. The number of amides is 1. The molecule has 5 heteroatoms. The van der Waals surface area contributed by atoms with Crippen molar-refractivity contribution in [3.8, 4) is 0 Å². The molecule has 0 aliphatic carbocycles. The molecule has 0 spiro atoms. The van der Waals surface area contributed by atoms with Crippen molar-refractivity contribution in [1.29, 1.82) is 0 Å². The molecule has 0 saturated carbocycles. The lowest BCUT2D eigenvalue weighted by Gasteiger charge is -2.31. The molecule has 0 saturated heterocycles. The molecule has 19 heavy (non-hydrogen) atoms. The molecular weight excluding hydrogens is 288 g/mol. The Morgan fingerprint density at radius 1 is 1.42 bits per heavy atom. The van der Waals surface area contributed by atoms with E-state index in [-0.39, 0.29) is 17.0 Å². The van der Waals surface area contributed by atoms with Crippen molar-refractivity contribution in [2.24, 2.45) is 5.41 Å². The predicted molar refractivity (Wildman–Crippen MR) is 77.5 cm³/mol. The van der Waals surface area contributed by atoms with E-state index in [9.17, 15) is 9.18 Å². The van der Waals surface area contributed by atoms with E-state index in [0.29, 0.717) is 17.3 Å². The Labute approximate surface area is 123 Å². The summed E-state index contributed by atoms with van der Waals surface area (Å²) in [5, 5.41) is 3.15. The average molecular weight is 306 g/mol. The van der Waals surface area contributed by atoms with E-state index in [1.165, 1.54) is 18.2 Å². The Balaban J connectivity index is 2.91. The van der Waals surface area contributed by atoms with Crippen LogP contribution in [0.5, 0.6) is 0 Å². The number of carbonyl (C=O) groups excluding carboxylic acids is 1. The zero-order valence-corrected chi connectivity index (χ0v) is 12.8. The van der Waals surface area contributed by atoms with Crippen molar-refractivity contribution < 1.29 is 9.18 Å². The molecule has 0 aromatic heterocycles. The minimum atomic E-state index is -0.583. The molecule has 0 bridgehead atoms. The summed E-state index contributed by atoms with van der Waals surface area (Å²) in [5.41, 5.74) is -0.198. The van der Waals surface area contributed by atoms with Gasteiger partial charge in [0.2, 0.25) is 0 Å². The van der Waals surface area contributed by atoms with Crippen molar-refractivity contribution in [2.45, 2.75) is 33.2 Å². The van der Waals surface area contributed by atoms with Gasteiger partial charge in [-0.25, -0.2) is 4.39 Å². The Hall–Kier alpha value is -0.800. The average Bonchev–Trinajstić information content (AvgIpc) is 2.30. The predicted octanol–water partition coefficient (Wildman–Crippen LogP) is 4.25. The van der Waals surface area contributed by atoms with E-state index in [4.69, 9.17) is 23.2 Å². The quantitative estimate of drug-likeness (QED) is 0.828. The first kappa shape index (κ1) is 16.3. The molecule has 0 aliphatic heterocycles.